The molecule has 0 aromatic carbocycles. The Morgan fingerprint density at radius 1 is 1.50 bits per heavy atom. The number of nitriles is 1. The van der Waals surface area contributed by atoms with Gasteiger partial charge >= 0.3 is 0 Å². The Kier molecular flexibility index (Phi) is 7.88. The molecule has 0 atom stereocenters. The molecule has 0 aliphatic carbocycles. The smallest absolute Gasteiger partial charge is 0.239 e. The van der Waals surface area contributed by atoms with E-state index in [0.717, 1.165) is 19.4 Å². The summed E-state index contributed by atoms with van der Waals surface area (Å²) in [7, 11) is 0. The van der Waals surface area contributed by atoms with Crippen molar-refractivity contribution < 1.29 is 9.90 Å². The molecule has 0 aliphatic heterocycles. The summed E-state index contributed by atoms with van der Waals surface area (Å²) in [6.45, 7) is 4.09. The van der Waals surface area contributed by atoms with Crippen molar-refractivity contribution in [2.45, 2.75) is 26.2 Å². The average Bonchev–Trinajstić information content (AvgIpc) is 2.88. The normalized spacial score (nSPS) is 10.5. The third-order valence-corrected chi connectivity index (χ3v) is 3.70. The number of hydrogen-bond donors (Lipinski definition) is 2. The minimum absolute atomic E-state index is 0.113. The van der Waals surface area contributed by atoms with Crippen LogP contribution in [0.5, 0.6) is 0 Å². The summed E-state index contributed by atoms with van der Waals surface area (Å²) in [6, 6.07) is 3.75. The molecule has 2 N–H and O–H groups in total. The molecular formula is C14H21N3O2S. The Bertz CT molecular complexity index is 446. The summed E-state index contributed by atoms with van der Waals surface area (Å²) in [5.41, 5.74) is 0.499. The fourth-order valence-electron chi connectivity index (χ4n) is 1.81. The molecule has 1 heterocycles. The van der Waals surface area contributed by atoms with Gasteiger partial charge in [-0.2, -0.15) is 5.26 Å². The molecule has 1 amide bonds. The highest BCUT2D eigenvalue weighted by Crippen LogP contribution is 2.21. The van der Waals surface area contributed by atoms with Crippen LogP contribution in [0.15, 0.2) is 11.4 Å². The standard InChI is InChI=1S/C14H21N3O2S/c1-2-3-6-17(7-4-8-18)11-13(19)16-14-12(10-15)5-9-20-14/h5,9,18H,2-4,6-8,11H2,1H3,(H,16,19). The Labute approximate surface area is 123 Å². The van der Waals surface area contributed by atoms with Crippen LogP contribution in [0.1, 0.15) is 31.7 Å². The lowest BCUT2D eigenvalue weighted by atomic mass is 10.3. The number of nitrogens with one attached hydrogen (secondary N) is 1. The van der Waals surface area contributed by atoms with Crippen LogP contribution in [-0.4, -0.2) is 42.2 Å². The quantitative estimate of drug-likeness (QED) is 0.731. The molecule has 20 heavy (non-hydrogen) atoms. The predicted molar refractivity (Wildman–Crippen MR) is 80.7 cm³/mol. The lowest BCUT2D eigenvalue weighted by molar-refractivity contribution is -0.117. The van der Waals surface area contributed by atoms with Gasteiger partial charge < -0.3 is 10.4 Å². The van der Waals surface area contributed by atoms with Crippen molar-refractivity contribution in [2.75, 3.05) is 31.6 Å². The van der Waals surface area contributed by atoms with Crippen LogP contribution < -0.4 is 5.32 Å². The zero-order chi connectivity index (χ0) is 14.8. The second-order valence-corrected chi connectivity index (χ2v) is 5.45. The van der Waals surface area contributed by atoms with Crippen LogP contribution in [0.4, 0.5) is 5.00 Å². The third kappa shape index (κ3) is 5.70. The first-order valence-corrected chi connectivity index (χ1v) is 7.69. The van der Waals surface area contributed by atoms with Crippen molar-refractivity contribution in [3.8, 4) is 6.07 Å². The minimum atomic E-state index is -0.113. The molecule has 5 nitrogen and oxygen atoms in total. The van der Waals surface area contributed by atoms with Gasteiger partial charge in [-0.15, -0.1) is 11.3 Å². The molecule has 0 saturated carbocycles. The van der Waals surface area contributed by atoms with E-state index < -0.39 is 0 Å². The molecule has 0 aliphatic rings. The van der Waals surface area contributed by atoms with Crippen LogP contribution in [0, 0.1) is 11.3 Å². The SMILES string of the molecule is CCCCN(CCCO)CC(=O)Nc1sccc1C#N. The van der Waals surface area contributed by atoms with Gasteiger partial charge in [0.05, 0.1) is 12.1 Å². The highest BCUT2D eigenvalue weighted by atomic mass is 32.1. The van der Waals surface area contributed by atoms with Crippen LogP contribution in [-0.2, 0) is 4.79 Å². The van der Waals surface area contributed by atoms with E-state index in [0.29, 0.717) is 30.1 Å². The molecule has 1 aromatic heterocycles. The molecule has 0 bridgehead atoms. The van der Waals surface area contributed by atoms with Gasteiger partial charge in [-0.3, -0.25) is 9.69 Å². The lowest BCUT2D eigenvalue weighted by Crippen LogP contribution is -2.35. The summed E-state index contributed by atoms with van der Waals surface area (Å²) < 4.78 is 0. The number of carbonyl (C=O) groups excluding carboxylic acids is 1. The highest BCUT2D eigenvalue weighted by molar-refractivity contribution is 7.14. The number of nitrogens with zero attached hydrogens (tertiary/aromatic N) is 2. The van der Waals surface area contributed by atoms with Crippen LogP contribution in [0.2, 0.25) is 0 Å². The largest absolute Gasteiger partial charge is 0.396 e. The summed E-state index contributed by atoms with van der Waals surface area (Å²) in [5.74, 6) is -0.113. The first kappa shape index (κ1) is 16.6. The van der Waals surface area contributed by atoms with Gasteiger partial charge in [0, 0.05) is 13.2 Å². The number of anilines is 1. The maximum atomic E-state index is 12.0. The topological polar surface area (TPSA) is 76.4 Å². The zero-order valence-electron chi connectivity index (χ0n) is 11.8. The maximum absolute atomic E-state index is 12.0. The van der Waals surface area contributed by atoms with E-state index in [9.17, 15) is 4.79 Å². The fraction of sp³-hybridized carbons (Fsp3) is 0.571. The Balaban J connectivity index is 2.50. The van der Waals surface area contributed by atoms with Gasteiger partial charge in [0.2, 0.25) is 5.91 Å². The molecule has 110 valence electrons. The summed E-state index contributed by atoms with van der Waals surface area (Å²) in [6.07, 6.45) is 2.77. The first-order chi connectivity index (χ1) is 9.71. The van der Waals surface area contributed by atoms with E-state index in [1.54, 1.807) is 11.4 Å². The summed E-state index contributed by atoms with van der Waals surface area (Å²) in [5, 5.41) is 23.0. The summed E-state index contributed by atoms with van der Waals surface area (Å²) in [4.78, 5) is 14.0. The molecule has 1 rings (SSSR count). The molecule has 0 saturated heterocycles. The zero-order valence-corrected chi connectivity index (χ0v) is 12.6. The van der Waals surface area contributed by atoms with Crippen molar-refractivity contribution in [1.29, 1.82) is 5.26 Å². The Morgan fingerprint density at radius 2 is 2.25 bits per heavy atom. The minimum Gasteiger partial charge on any atom is -0.396 e. The van der Waals surface area contributed by atoms with Crippen LogP contribution in [0.3, 0.4) is 0 Å². The molecule has 0 spiro atoms. The number of thiophene rings is 1. The average molecular weight is 295 g/mol. The van der Waals surface area contributed by atoms with Crippen molar-refractivity contribution >= 4 is 22.2 Å². The van der Waals surface area contributed by atoms with Crippen molar-refractivity contribution in [3.63, 3.8) is 0 Å². The number of carbonyl (C=O) groups is 1. The second kappa shape index (κ2) is 9.48. The fourth-order valence-corrected chi connectivity index (χ4v) is 2.56. The predicted octanol–water partition coefficient (Wildman–Crippen LogP) is 2.04. The van der Waals surface area contributed by atoms with Gasteiger partial charge in [-0.05, 0) is 30.8 Å². The molecule has 1 aromatic rings. The molecule has 6 heteroatoms. The number of rotatable bonds is 9. The molecule has 0 unspecified atom stereocenters. The van der Waals surface area contributed by atoms with Gasteiger partial charge in [0.1, 0.15) is 11.1 Å². The van der Waals surface area contributed by atoms with E-state index >= 15 is 0 Å². The van der Waals surface area contributed by atoms with Gasteiger partial charge in [0.15, 0.2) is 0 Å². The Hall–Kier alpha value is -1.42. The van der Waals surface area contributed by atoms with Crippen molar-refractivity contribution in [1.82, 2.24) is 4.90 Å². The van der Waals surface area contributed by atoms with Crippen molar-refractivity contribution in [2.24, 2.45) is 0 Å². The van der Waals surface area contributed by atoms with Gasteiger partial charge in [0.25, 0.3) is 0 Å². The molecular weight excluding hydrogens is 274 g/mol. The van der Waals surface area contributed by atoms with Crippen LogP contribution >= 0.6 is 11.3 Å². The van der Waals surface area contributed by atoms with Crippen LogP contribution in [0.25, 0.3) is 0 Å². The van der Waals surface area contributed by atoms with E-state index in [2.05, 4.69) is 18.3 Å². The van der Waals surface area contributed by atoms with Crippen molar-refractivity contribution in [3.05, 3.63) is 17.0 Å². The second-order valence-electron chi connectivity index (χ2n) is 4.53. The highest BCUT2D eigenvalue weighted by Gasteiger charge is 2.12. The first-order valence-electron chi connectivity index (χ1n) is 6.82. The Morgan fingerprint density at radius 3 is 2.90 bits per heavy atom. The third-order valence-electron chi connectivity index (χ3n) is 2.87. The number of aliphatic hydroxyl groups excluding tert-OH is 1. The summed E-state index contributed by atoms with van der Waals surface area (Å²) >= 11 is 1.35. The number of amides is 1. The monoisotopic (exact) mass is 295 g/mol. The lowest BCUT2D eigenvalue weighted by Gasteiger charge is -2.20. The van der Waals surface area contributed by atoms with Gasteiger partial charge in [-0.1, -0.05) is 13.3 Å². The number of unbranched alkanes of at least 4 members (excludes halogenated alkanes) is 1. The molecule has 0 radical (unpaired) electrons. The van der Waals surface area contributed by atoms with E-state index in [1.807, 2.05) is 4.90 Å². The van der Waals surface area contributed by atoms with E-state index in [4.69, 9.17) is 10.4 Å². The number of hydrogen-bond acceptors (Lipinski definition) is 5. The number of aliphatic hydroxyl groups is 1. The van der Waals surface area contributed by atoms with Gasteiger partial charge in [-0.25, -0.2) is 0 Å². The van der Waals surface area contributed by atoms with E-state index in [-0.39, 0.29) is 12.5 Å². The molecule has 0 fully saturated rings. The maximum Gasteiger partial charge on any atom is 0.239 e. The van der Waals surface area contributed by atoms with E-state index in [1.165, 1.54) is 11.3 Å².